The monoisotopic (exact) mass is 913 g/mol. The number of thiazole rings is 1. The highest BCUT2D eigenvalue weighted by molar-refractivity contribution is 8.03. The number of esters is 2. The van der Waals surface area contributed by atoms with Crippen LogP contribution in [0.3, 0.4) is 0 Å². The second-order valence-corrected chi connectivity index (χ2v) is 19.6. The van der Waals surface area contributed by atoms with E-state index in [9.17, 15) is 35.5 Å². The van der Waals surface area contributed by atoms with Crippen molar-refractivity contribution in [3.63, 3.8) is 0 Å². The molecule has 0 spiro atoms. The van der Waals surface area contributed by atoms with Crippen LogP contribution in [0.15, 0.2) is 142 Å². The van der Waals surface area contributed by atoms with Gasteiger partial charge < -0.3 is 23.8 Å². The molecule has 1 N–H and O–H groups in total. The average molecular weight is 914 g/mol. The molecule has 17 heteroatoms. The number of benzene rings is 4. The van der Waals surface area contributed by atoms with Gasteiger partial charge in [0.05, 0.1) is 57.6 Å². The van der Waals surface area contributed by atoms with Gasteiger partial charge in [0.15, 0.2) is 6.54 Å². The van der Waals surface area contributed by atoms with Crippen molar-refractivity contribution < 1.29 is 49.6 Å². The first kappa shape index (κ1) is 44.5. The molecule has 0 saturated carbocycles. The van der Waals surface area contributed by atoms with Crippen molar-refractivity contribution >= 4 is 88.6 Å². The molecule has 0 unspecified atom stereocenters. The minimum atomic E-state index is -4.45. The molecular formula is C45H43N3O10S4. The molecule has 2 heterocycles. The number of thioether (sulfide) groups is 1. The van der Waals surface area contributed by atoms with Crippen molar-refractivity contribution in [1.29, 1.82) is 0 Å². The Hall–Kier alpha value is -5.56. The lowest BCUT2D eigenvalue weighted by atomic mass is 10.1. The molecular weight excluding hydrogens is 871 g/mol. The summed E-state index contributed by atoms with van der Waals surface area (Å²) in [6.45, 7) is 0.478. The van der Waals surface area contributed by atoms with E-state index in [-0.39, 0.29) is 25.9 Å². The maximum Gasteiger partial charge on any atom is 0.338 e. The standard InChI is InChI=1S/C45H43N3O10S4/c1-57-44(49)33-17-21-39-37(29-33)46(25-9-27-61(51,52)53)41(59-39)23-19-31-15-16-32(43(31)48(35-11-5-3-6-12-35)36-13-7-4-8-14-36)20-24-42-47(26-10-28-62(54,55)56)38-30-34(45(50)58-2)18-22-40(38)60-42/h3-8,11-14,17-24,29-30H,9-10,15-16,25-28H2,1-2H3,(H-,51,52,53,54,55,56). The molecule has 5 aromatic rings. The van der Waals surface area contributed by atoms with Gasteiger partial charge in [0.25, 0.3) is 15.1 Å². The second kappa shape index (κ2) is 19.2. The van der Waals surface area contributed by atoms with E-state index in [1.807, 2.05) is 94.4 Å². The van der Waals surface area contributed by atoms with E-state index in [0.717, 1.165) is 53.5 Å². The molecule has 0 atom stereocenters. The third kappa shape index (κ3) is 10.5. The van der Waals surface area contributed by atoms with Crippen molar-refractivity contribution in [2.45, 2.75) is 37.1 Å². The normalized spacial score (nSPS) is 15.6. The van der Waals surface area contributed by atoms with Crippen LogP contribution in [0.4, 0.5) is 17.1 Å². The summed E-state index contributed by atoms with van der Waals surface area (Å²) in [5.41, 5.74) is 6.95. The molecule has 62 heavy (non-hydrogen) atoms. The van der Waals surface area contributed by atoms with Crippen LogP contribution >= 0.6 is 23.1 Å². The first-order valence-electron chi connectivity index (χ1n) is 19.6. The van der Waals surface area contributed by atoms with Gasteiger partial charge in [-0.2, -0.15) is 13.0 Å². The predicted octanol–water partition coefficient (Wildman–Crippen LogP) is 8.25. The Morgan fingerprint density at radius 2 is 1.47 bits per heavy atom. The van der Waals surface area contributed by atoms with Gasteiger partial charge in [0, 0.05) is 47.1 Å². The number of para-hydroxylation sites is 2. The SMILES string of the molecule is COC(=O)c1ccc2c(c1)N(CCCS(=O)(=O)O)/C(=C\C=C1/CCC(/C=C/c3sc4ccc(C(=O)OC)cc4[n+]3CCCS(=O)(=O)[O-])=C1N(c1ccccc1)c1ccccc1)S2. The van der Waals surface area contributed by atoms with E-state index in [4.69, 9.17) is 9.47 Å². The van der Waals surface area contributed by atoms with E-state index in [1.54, 1.807) is 24.3 Å². The Bertz CT molecular complexity index is 2810. The second-order valence-electron chi connectivity index (χ2n) is 14.4. The number of hydrogen-bond acceptors (Lipinski definition) is 13. The van der Waals surface area contributed by atoms with Crippen LogP contribution < -0.4 is 14.4 Å². The molecule has 322 valence electrons. The van der Waals surface area contributed by atoms with Crippen molar-refractivity contribution in [1.82, 2.24) is 0 Å². The number of anilines is 3. The van der Waals surface area contributed by atoms with Crippen molar-refractivity contribution in [2.24, 2.45) is 0 Å². The maximum atomic E-state index is 12.5. The predicted molar refractivity (Wildman–Crippen MR) is 241 cm³/mol. The van der Waals surface area contributed by atoms with Gasteiger partial charge in [-0.15, -0.1) is 0 Å². The zero-order valence-corrected chi connectivity index (χ0v) is 37.1. The van der Waals surface area contributed by atoms with Crippen LogP contribution in [-0.2, 0) is 36.3 Å². The molecule has 0 radical (unpaired) electrons. The zero-order chi connectivity index (χ0) is 44.0. The van der Waals surface area contributed by atoms with Crippen LogP contribution in [-0.4, -0.2) is 70.1 Å². The lowest BCUT2D eigenvalue weighted by Crippen LogP contribution is -2.36. The van der Waals surface area contributed by atoms with E-state index < -0.39 is 43.7 Å². The number of carbonyl (C=O) groups excluding carboxylic acids is 2. The highest BCUT2D eigenvalue weighted by atomic mass is 32.2. The van der Waals surface area contributed by atoms with Crippen LogP contribution in [0, 0.1) is 0 Å². The number of ether oxygens (including phenoxy) is 2. The van der Waals surface area contributed by atoms with E-state index in [2.05, 4.69) is 17.1 Å². The fourth-order valence-corrected chi connectivity index (χ4v) is 10.6. The van der Waals surface area contributed by atoms with Crippen LogP contribution in [0.5, 0.6) is 0 Å². The molecule has 0 fully saturated rings. The molecule has 7 rings (SSSR count). The quantitative estimate of drug-likeness (QED) is 0.0570. The first-order valence-corrected chi connectivity index (χ1v) is 24.4. The molecule has 2 aliphatic rings. The van der Waals surface area contributed by atoms with E-state index >= 15 is 0 Å². The Kier molecular flexibility index (Phi) is 13.8. The highest BCUT2D eigenvalue weighted by Crippen LogP contribution is 2.47. The third-order valence-electron chi connectivity index (χ3n) is 10.2. The number of rotatable bonds is 16. The van der Waals surface area contributed by atoms with E-state index in [1.165, 1.54) is 37.3 Å². The van der Waals surface area contributed by atoms with Gasteiger partial charge in [-0.3, -0.25) is 4.55 Å². The smallest absolute Gasteiger partial charge is 0.338 e. The summed E-state index contributed by atoms with van der Waals surface area (Å²) >= 11 is 2.96. The number of nitrogens with zero attached hydrogens (tertiary/aromatic N) is 3. The zero-order valence-electron chi connectivity index (χ0n) is 33.8. The van der Waals surface area contributed by atoms with Gasteiger partial charge in [-0.25, -0.2) is 18.0 Å². The van der Waals surface area contributed by atoms with Gasteiger partial charge in [0.1, 0.15) is 4.70 Å². The van der Waals surface area contributed by atoms with Crippen molar-refractivity contribution in [3.05, 3.63) is 153 Å². The topological polar surface area (TPSA) is 175 Å². The Balaban J connectivity index is 1.35. The fraction of sp³-hybridized carbons (Fsp3) is 0.222. The molecule has 1 aliphatic carbocycles. The molecule has 0 saturated heterocycles. The Morgan fingerprint density at radius 3 is 2.10 bits per heavy atom. The molecule has 13 nitrogen and oxygen atoms in total. The van der Waals surface area contributed by atoms with Crippen molar-refractivity contribution in [2.75, 3.05) is 42.1 Å². The first-order chi connectivity index (χ1) is 29.7. The molecule has 0 bridgehead atoms. The van der Waals surface area contributed by atoms with Crippen LogP contribution in [0.25, 0.3) is 16.3 Å². The number of carbonyl (C=O) groups is 2. The number of hydrogen-bond donors (Lipinski definition) is 1. The summed E-state index contributed by atoms with van der Waals surface area (Å²) in [4.78, 5) is 30.0. The molecule has 0 amide bonds. The third-order valence-corrected chi connectivity index (χ3v) is 14.1. The van der Waals surface area contributed by atoms with Gasteiger partial charge >= 0.3 is 11.9 Å². The maximum absolute atomic E-state index is 12.5. The minimum Gasteiger partial charge on any atom is -0.748 e. The number of methoxy groups -OCH3 is 2. The Morgan fingerprint density at radius 1 is 0.823 bits per heavy atom. The van der Waals surface area contributed by atoms with Gasteiger partial charge in [-0.05, 0) is 97.2 Å². The largest absolute Gasteiger partial charge is 0.748 e. The molecule has 1 aliphatic heterocycles. The summed E-state index contributed by atoms with van der Waals surface area (Å²) < 4.78 is 80.4. The Labute approximate surface area is 368 Å². The number of aryl methyl sites for hydroxylation is 1. The summed E-state index contributed by atoms with van der Waals surface area (Å²) in [6, 6.07) is 30.5. The number of fused-ring (bicyclic) bond motifs is 2. The number of aromatic nitrogens is 1. The van der Waals surface area contributed by atoms with Crippen molar-refractivity contribution in [3.8, 4) is 0 Å². The number of allylic oxidation sites excluding steroid dienone is 5. The van der Waals surface area contributed by atoms with Gasteiger partial charge in [-0.1, -0.05) is 65.6 Å². The average Bonchev–Trinajstić information content (AvgIpc) is 3.93. The molecule has 4 aromatic carbocycles. The fourth-order valence-electron chi connectivity index (χ4n) is 7.43. The van der Waals surface area contributed by atoms with Crippen LogP contribution in [0.1, 0.15) is 51.4 Å². The summed E-state index contributed by atoms with van der Waals surface area (Å²) in [6.07, 6.45) is 9.65. The molecule has 1 aromatic heterocycles. The van der Waals surface area contributed by atoms with E-state index in [0.29, 0.717) is 29.5 Å². The summed E-state index contributed by atoms with van der Waals surface area (Å²) in [5, 5.41) is 1.59. The lowest BCUT2D eigenvalue weighted by molar-refractivity contribution is -0.668. The van der Waals surface area contributed by atoms with Gasteiger partial charge in [0.2, 0.25) is 5.52 Å². The van der Waals surface area contributed by atoms with Crippen LogP contribution in [0.2, 0.25) is 0 Å². The summed E-state index contributed by atoms with van der Waals surface area (Å²) in [5.74, 6) is -1.97. The summed E-state index contributed by atoms with van der Waals surface area (Å²) in [7, 11) is -6.04. The minimum absolute atomic E-state index is 0.0790. The lowest BCUT2D eigenvalue weighted by Gasteiger charge is -2.28. The highest BCUT2D eigenvalue weighted by Gasteiger charge is 2.30.